The van der Waals surface area contributed by atoms with E-state index in [1.807, 2.05) is 67.6 Å². The van der Waals surface area contributed by atoms with Crippen molar-refractivity contribution in [3.8, 4) is 0 Å². The molecule has 11 heteroatoms. The molecule has 0 unspecified atom stereocenters. The van der Waals surface area contributed by atoms with Crippen LogP contribution < -0.4 is 0 Å². The number of benzene rings is 2. The smallest absolute Gasteiger partial charge is 0.416 e. The number of rotatable bonds is 16. The number of carbonyl (C=O) groups is 3. The van der Waals surface area contributed by atoms with Gasteiger partial charge in [0, 0.05) is 57.0 Å². The first kappa shape index (κ1) is 45.4. The van der Waals surface area contributed by atoms with Crippen LogP contribution in [0.25, 0.3) is 0 Å². The molecule has 4 heterocycles. The van der Waals surface area contributed by atoms with E-state index >= 15 is 0 Å². The zero-order valence-corrected chi connectivity index (χ0v) is 36.6. The first-order valence-corrected chi connectivity index (χ1v) is 21.4. The third-order valence-corrected chi connectivity index (χ3v) is 11.8. The molecule has 2 saturated heterocycles. The van der Waals surface area contributed by atoms with Gasteiger partial charge in [-0.15, -0.1) is 0 Å². The lowest BCUT2D eigenvalue weighted by molar-refractivity contribution is -0.134. The third kappa shape index (κ3) is 12.9. The number of nitrogens with zero attached hydrogens (tertiary/aromatic N) is 4. The molecule has 3 atom stereocenters. The van der Waals surface area contributed by atoms with Gasteiger partial charge < -0.3 is 9.47 Å². The van der Waals surface area contributed by atoms with Crippen molar-refractivity contribution in [2.24, 2.45) is 5.92 Å². The van der Waals surface area contributed by atoms with E-state index in [9.17, 15) is 14.4 Å². The molecular weight excluding hydrogens is 783 g/mol. The Kier molecular flexibility index (Phi) is 16.1. The molecule has 0 bridgehead atoms. The minimum atomic E-state index is -0.528. The normalized spacial score (nSPS) is 17.2. The molecular formula is C48H58Cl2N4O5. The average Bonchev–Trinajstić information content (AvgIpc) is 3.77. The molecule has 3 amide bonds. The molecule has 2 aliphatic rings. The van der Waals surface area contributed by atoms with E-state index in [2.05, 4.69) is 56.4 Å². The molecule has 314 valence electrons. The fraction of sp³-hybridized carbons (Fsp3) is 0.438. The first-order valence-electron chi connectivity index (χ1n) is 20.6. The number of carbonyl (C=O) groups excluding carboxylic acids is 3. The lowest BCUT2D eigenvalue weighted by Gasteiger charge is -2.27. The largest absolute Gasteiger partial charge is 0.477 e. The molecule has 2 aromatic heterocycles. The van der Waals surface area contributed by atoms with Gasteiger partial charge in [0.05, 0.1) is 12.1 Å². The van der Waals surface area contributed by atoms with Crippen molar-refractivity contribution in [3.63, 3.8) is 0 Å². The number of cyclic esters (lactones) is 1. The highest BCUT2D eigenvalue weighted by atomic mass is 35.5. The summed E-state index contributed by atoms with van der Waals surface area (Å²) in [5.74, 6) is 0.310. The standard InChI is InChI=1S/C25H31ClN2O2.C23H27ClN2O3/c1-18(9-8-13-25(3,4)23-16-21(26)12-14-27-23)24(29)28-19(2)30-17-22(28)15-20-10-6-5-7-11-20;1-23(2,20-15-18(24)11-13-25-20)12-7-6-10-21(27)26-19(16-29-22(26)28)14-17-8-4-3-5-9-17/h5-7,10-12,14,16,18,22H,2,8-9,13,15,17H2,1,3-4H3;3-5,8-9,11,13,15,19H,6-7,10,12,14,16H2,1-2H3/t18-,22-;19-/m11/s1. The van der Waals surface area contributed by atoms with Gasteiger partial charge in [0.1, 0.15) is 13.2 Å². The summed E-state index contributed by atoms with van der Waals surface area (Å²) in [4.78, 5) is 49.9. The minimum absolute atomic E-state index is 0.00181. The molecule has 0 radical (unpaired) electrons. The number of ether oxygens (including phenoxy) is 2. The zero-order chi connectivity index (χ0) is 42.6. The first-order chi connectivity index (χ1) is 28.1. The summed E-state index contributed by atoms with van der Waals surface area (Å²) < 4.78 is 10.8. The monoisotopic (exact) mass is 840 g/mol. The number of amides is 3. The van der Waals surface area contributed by atoms with Crippen LogP contribution in [0.15, 0.2) is 110 Å². The number of pyridine rings is 2. The van der Waals surface area contributed by atoms with Crippen molar-refractivity contribution in [1.82, 2.24) is 19.8 Å². The molecule has 2 aliphatic heterocycles. The van der Waals surface area contributed by atoms with E-state index in [0.717, 1.165) is 55.5 Å². The van der Waals surface area contributed by atoms with Gasteiger partial charge in [0.25, 0.3) is 0 Å². The Balaban J connectivity index is 0.000000224. The van der Waals surface area contributed by atoms with Crippen molar-refractivity contribution in [2.75, 3.05) is 13.2 Å². The molecule has 0 spiro atoms. The maximum Gasteiger partial charge on any atom is 0.416 e. The second-order valence-corrected chi connectivity index (χ2v) is 17.8. The number of aromatic nitrogens is 2. The summed E-state index contributed by atoms with van der Waals surface area (Å²) in [6, 6.07) is 27.2. The molecule has 2 fully saturated rings. The Morgan fingerprint density at radius 3 is 1.76 bits per heavy atom. The highest BCUT2D eigenvalue weighted by molar-refractivity contribution is 6.30. The maximum absolute atomic E-state index is 13.2. The van der Waals surface area contributed by atoms with Gasteiger partial charge in [0.15, 0.2) is 5.88 Å². The van der Waals surface area contributed by atoms with Gasteiger partial charge in [-0.1, -0.05) is 131 Å². The summed E-state index contributed by atoms with van der Waals surface area (Å²) in [6.07, 6.45) is 9.78. The highest BCUT2D eigenvalue weighted by Gasteiger charge is 2.38. The van der Waals surface area contributed by atoms with Crippen LogP contribution in [0, 0.1) is 5.92 Å². The van der Waals surface area contributed by atoms with Crippen molar-refractivity contribution in [3.05, 3.63) is 142 Å². The second kappa shape index (κ2) is 21.0. The Bertz CT molecular complexity index is 2030. The van der Waals surface area contributed by atoms with Crippen LogP contribution in [0.1, 0.15) is 102 Å². The van der Waals surface area contributed by atoms with E-state index in [1.165, 1.54) is 10.5 Å². The molecule has 59 heavy (non-hydrogen) atoms. The highest BCUT2D eigenvalue weighted by Crippen LogP contribution is 2.32. The number of unbranched alkanes of at least 4 members (excludes halogenated alkanes) is 1. The molecule has 2 aromatic carbocycles. The van der Waals surface area contributed by atoms with E-state index in [1.54, 1.807) is 29.4 Å². The Hall–Kier alpha value is -4.73. The summed E-state index contributed by atoms with van der Waals surface area (Å²) in [5.41, 5.74) is 3.99. The molecule has 0 aliphatic carbocycles. The third-order valence-electron chi connectivity index (χ3n) is 11.3. The number of imide groups is 1. The summed E-state index contributed by atoms with van der Waals surface area (Å²) in [5, 5.41) is 1.38. The van der Waals surface area contributed by atoms with Crippen LogP contribution in [0.2, 0.25) is 10.0 Å². The fourth-order valence-corrected chi connectivity index (χ4v) is 7.98. The average molecular weight is 842 g/mol. The van der Waals surface area contributed by atoms with E-state index in [-0.39, 0.29) is 47.3 Å². The lowest BCUT2D eigenvalue weighted by atomic mass is 9.82. The van der Waals surface area contributed by atoms with Crippen LogP contribution in [0.5, 0.6) is 0 Å². The number of hydrogen-bond acceptors (Lipinski definition) is 7. The van der Waals surface area contributed by atoms with Gasteiger partial charge in [-0.25, -0.2) is 9.69 Å². The van der Waals surface area contributed by atoms with E-state index in [0.29, 0.717) is 41.8 Å². The Morgan fingerprint density at radius 1 is 0.746 bits per heavy atom. The van der Waals surface area contributed by atoms with Crippen LogP contribution in [-0.2, 0) is 42.7 Å². The van der Waals surface area contributed by atoms with Crippen molar-refractivity contribution < 1.29 is 23.9 Å². The minimum Gasteiger partial charge on any atom is -0.477 e. The summed E-state index contributed by atoms with van der Waals surface area (Å²) in [6.45, 7) is 15.3. The SMILES string of the molecule is C=C1OC[C@@H](Cc2ccccc2)N1C(=O)[C@H](C)CCCC(C)(C)c1cc(Cl)ccn1.CC(C)(CCCCC(=O)N1C(=O)OC[C@H]1Cc1ccccc1)c1cc(Cl)ccn1. The van der Waals surface area contributed by atoms with E-state index < -0.39 is 6.09 Å². The fourth-order valence-electron chi connectivity index (χ4n) is 7.66. The van der Waals surface area contributed by atoms with E-state index in [4.69, 9.17) is 32.7 Å². The van der Waals surface area contributed by atoms with Gasteiger partial charge >= 0.3 is 6.09 Å². The number of hydrogen-bond donors (Lipinski definition) is 0. The second-order valence-electron chi connectivity index (χ2n) is 16.9. The Labute approximate surface area is 360 Å². The van der Waals surface area contributed by atoms with Crippen LogP contribution in [0.3, 0.4) is 0 Å². The van der Waals surface area contributed by atoms with Crippen LogP contribution >= 0.6 is 23.2 Å². The van der Waals surface area contributed by atoms with Crippen molar-refractivity contribution in [2.45, 2.75) is 115 Å². The van der Waals surface area contributed by atoms with Gasteiger partial charge in [-0.05, 0) is 80.5 Å². The molecule has 4 aromatic rings. The van der Waals surface area contributed by atoms with Gasteiger partial charge in [-0.3, -0.25) is 24.5 Å². The summed E-state index contributed by atoms with van der Waals surface area (Å²) >= 11 is 12.2. The van der Waals surface area contributed by atoms with Gasteiger partial charge in [0.2, 0.25) is 11.8 Å². The van der Waals surface area contributed by atoms with Crippen molar-refractivity contribution in [1.29, 1.82) is 0 Å². The quantitative estimate of drug-likeness (QED) is 0.104. The molecule has 0 saturated carbocycles. The molecule has 6 rings (SSSR count). The van der Waals surface area contributed by atoms with Crippen LogP contribution in [-0.4, -0.2) is 63.0 Å². The predicted octanol–water partition coefficient (Wildman–Crippen LogP) is 10.9. The lowest BCUT2D eigenvalue weighted by Crippen LogP contribution is -2.40. The zero-order valence-electron chi connectivity index (χ0n) is 35.0. The van der Waals surface area contributed by atoms with Crippen LogP contribution in [0.4, 0.5) is 4.79 Å². The summed E-state index contributed by atoms with van der Waals surface area (Å²) in [7, 11) is 0. The number of halogens is 2. The topological polar surface area (TPSA) is 102 Å². The van der Waals surface area contributed by atoms with Gasteiger partial charge in [-0.2, -0.15) is 0 Å². The Morgan fingerprint density at radius 2 is 1.24 bits per heavy atom. The predicted molar refractivity (Wildman–Crippen MR) is 234 cm³/mol. The molecule has 0 N–H and O–H groups in total. The molecule has 9 nitrogen and oxygen atoms in total. The van der Waals surface area contributed by atoms with Crippen molar-refractivity contribution >= 4 is 41.1 Å². The maximum atomic E-state index is 13.2.